The van der Waals surface area contributed by atoms with Crippen molar-refractivity contribution in [2.24, 2.45) is 0 Å². The van der Waals surface area contributed by atoms with Crippen molar-refractivity contribution in [2.75, 3.05) is 25.7 Å². The first-order chi connectivity index (χ1) is 5.25. The second-order valence-corrected chi connectivity index (χ2v) is 3.73. The first-order valence-corrected chi connectivity index (χ1v) is 4.76. The predicted octanol–water partition coefficient (Wildman–Crippen LogP) is 0.254. The SMILES string of the molecule is CNC1(C(=O)OC)CCSC1. The number of likely N-dealkylation sites (N-methyl/N-ethyl adjacent to an activating group) is 1. The normalized spacial score (nSPS) is 30.4. The second-order valence-electron chi connectivity index (χ2n) is 2.63. The Morgan fingerprint density at radius 2 is 2.45 bits per heavy atom. The van der Waals surface area contributed by atoms with Gasteiger partial charge < -0.3 is 10.1 Å². The van der Waals surface area contributed by atoms with E-state index in [1.54, 1.807) is 11.8 Å². The van der Waals surface area contributed by atoms with Gasteiger partial charge in [-0.1, -0.05) is 0 Å². The molecular formula is C7H13NO2S. The third kappa shape index (κ3) is 1.51. The largest absolute Gasteiger partial charge is 0.468 e. The van der Waals surface area contributed by atoms with Gasteiger partial charge in [0.25, 0.3) is 0 Å². The molecule has 1 aliphatic rings. The molecule has 0 aromatic heterocycles. The summed E-state index contributed by atoms with van der Waals surface area (Å²) < 4.78 is 4.71. The van der Waals surface area contributed by atoms with Crippen LogP contribution in [0.2, 0.25) is 0 Å². The minimum atomic E-state index is -0.403. The van der Waals surface area contributed by atoms with Gasteiger partial charge in [0.15, 0.2) is 0 Å². The summed E-state index contributed by atoms with van der Waals surface area (Å²) in [6, 6.07) is 0. The molecule has 64 valence electrons. The zero-order valence-corrected chi connectivity index (χ0v) is 7.66. The Morgan fingerprint density at radius 3 is 2.82 bits per heavy atom. The van der Waals surface area contributed by atoms with E-state index in [0.717, 1.165) is 17.9 Å². The number of carbonyl (C=O) groups is 1. The van der Waals surface area contributed by atoms with Gasteiger partial charge in [0.1, 0.15) is 5.54 Å². The van der Waals surface area contributed by atoms with E-state index in [-0.39, 0.29) is 5.97 Å². The average molecular weight is 175 g/mol. The van der Waals surface area contributed by atoms with Crippen LogP contribution in [0.25, 0.3) is 0 Å². The van der Waals surface area contributed by atoms with Crippen molar-refractivity contribution in [3.05, 3.63) is 0 Å². The molecule has 0 amide bonds. The first-order valence-electron chi connectivity index (χ1n) is 3.60. The predicted molar refractivity (Wildman–Crippen MR) is 45.7 cm³/mol. The highest BCUT2D eigenvalue weighted by atomic mass is 32.2. The fourth-order valence-electron chi connectivity index (χ4n) is 1.22. The van der Waals surface area contributed by atoms with Crippen LogP contribution in [-0.4, -0.2) is 37.2 Å². The summed E-state index contributed by atoms with van der Waals surface area (Å²) in [5.41, 5.74) is -0.403. The maximum atomic E-state index is 11.3. The number of thioether (sulfide) groups is 1. The molecule has 3 nitrogen and oxygen atoms in total. The van der Waals surface area contributed by atoms with Crippen LogP contribution in [0, 0.1) is 0 Å². The number of hydrogen-bond acceptors (Lipinski definition) is 4. The van der Waals surface area contributed by atoms with Crippen LogP contribution < -0.4 is 5.32 Å². The van der Waals surface area contributed by atoms with Gasteiger partial charge in [0.05, 0.1) is 7.11 Å². The van der Waals surface area contributed by atoms with Crippen molar-refractivity contribution >= 4 is 17.7 Å². The van der Waals surface area contributed by atoms with E-state index >= 15 is 0 Å². The number of rotatable bonds is 2. The van der Waals surface area contributed by atoms with Gasteiger partial charge in [-0.2, -0.15) is 11.8 Å². The number of carbonyl (C=O) groups excluding carboxylic acids is 1. The topological polar surface area (TPSA) is 38.3 Å². The molecule has 1 aliphatic heterocycles. The Balaban J connectivity index is 2.66. The Kier molecular flexibility index (Phi) is 2.78. The third-order valence-corrected chi connectivity index (χ3v) is 3.27. The van der Waals surface area contributed by atoms with Crippen molar-refractivity contribution < 1.29 is 9.53 Å². The molecular weight excluding hydrogens is 162 g/mol. The van der Waals surface area contributed by atoms with Crippen molar-refractivity contribution in [1.29, 1.82) is 0 Å². The molecule has 1 rings (SSSR count). The van der Waals surface area contributed by atoms with Crippen LogP contribution in [-0.2, 0) is 9.53 Å². The average Bonchev–Trinajstić information content (AvgIpc) is 2.52. The van der Waals surface area contributed by atoms with Gasteiger partial charge in [-0.3, -0.25) is 4.79 Å². The Bertz CT molecular complexity index is 155. The van der Waals surface area contributed by atoms with Gasteiger partial charge in [0, 0.05) is 5.75 Å². The number of hydrogen-bond donors (Lipinski definition) is 1. The maximum absolute atomic E-state index is 11.3. The van der Waals surface area contributed by atoms with Crippen molar-refractivity contribution in [3.63, 3.8) is 0 Å². The first kappa shape index (κ1) is 8.87. The number of ether oxygens (including phenoxy) is 1. The fraction of sp³-hybridized carbons (Fsp3) is 0.857. The molecule has 1 heterocycles. The molecule has 0 aromatic carbocycles. The van der Waals surface area contributed by atoms with Gasteiger partial charge in [-0.15, -0.1) is 0 Å². The highest BCUT2D eigenvalue weighted by Crippen LogP contribution is 2.28. The quantitative estimate of drug-likeness (QED) is 0.611. The van der Waals surface area contributed by atoms with E-state index < -0.39 is 5.54 Å². The van der Waals surface area contributed by atoms with Crippen molar-refractivity contribution in [3.8, 4) is 0 Å². The van der Waals surface area contributed by atoms with Gasteiger partial charge >= 0.3 is 5.97 Å². The fourth-order valence-corrected chi connectivity index (χ4v) is 2.61. The van der Waals surface area contributed by atoms with Gasteiger partial charge in [-0.05, 0) is 19.2 Å². The van der Waals surface area contributed by atoms with E-state index in [9.17, 15) is 4.79 Å². The van der Waals surface area contributed by atoms with Gasteiger partial charge in [-0.25, -0.2) is 0 Å². The molecule has 4 heteroatoms. The van der Waals surface area contributed by atoms with Gasteiger partial charge in [0.2, 0.25) is 0 Å². The van der Waals surface area contributed by atoms with Crippen LogP contribution >= 0.6 is 11.8 Å². The minimum Gasteiger partial charge on any atom is -0.468 e. The highest BCUT2D eigenvalue weighted by molar-refractivity contribution is 7.99. The van der Waals surface area contributed by atoms with Crippen LogP contribution in [0.4, 0.5) is 0 Å². The zero-order valence-electron chi connectivity index (χ0n) is 6.85. The molecule has 1 atom stereocenters. The monoisotopic (exact) mass is 175 g/mol. The molecule has 1 fully saturated rings. The molecule has 0 saturated carbocycles. The Labute approximate surface area is 70.9 Å². The maximum Gasteiger partial charge on any atom is 0.326 e. The summed E-state index contributed by atoms with van der Waals surface area (Å²) in [6.45, 7) is 0. The lowest BCUT2D eigenvalue weighted by Gasteiger charge is -2.23. The zero-order chi connectivity index (χ0) is 8.32. The van der Waals surface area contributed by atoms with Crippen molar-refractivity contribution in [2.45, 2.75) is 12.0 Å². The summed E-state index contributed by atoms with van der Waals surface area (Å²) in [5.74, 6) is 1.73. The molecule has 0 radical (unpaired) electrons. The van der Waals surface area contributed by atoms with Crippen LogP contribution in [0.1, 0.15) is 6.42 Å². The lowest BCUT2D eigenvalue weighted by atomic mass is 10.00. The number of methoxy groups -OCH3 is 1. The number of nitrogens with one attached hydrogen (secondary N) is 1. The summed E-state index contributed by atoms with van der Waals surface area (Å²) in [4.78, 5) is 11.3. The second kappa shape index (κ2) is 3.45. The lowest BCUT2D eigenvalue weighted by molar-refractivity contribution is -0.147. The standard InChI is InChI=1S/C7H13NO2S/c1-8-7(6(9)10-2)3-4-11-5-7/h8H,3-5H2,1-2H3. The van der Waals surface area contributed by atoms with Crippen LogP contribution in [0.3, 0.4) is 0 Å². The summed E-state index contributed by atoms with van der Waals surface area (Å²) in [7, 11) is 3.24. The smallest absolute Gasteiger partial charge is 0.326 e. The van der Waals surface area contributed by atoms with E-state index in [2.05, 4.69) is 5.32 Å². The molecule has 0 bridgehead atoms. The van der Waals surface area contributed by atoms with Crippen LogP contribution in [0.5, 0.6) is 0 Å². The Morgan fingerprint density at radius 1 is 1.73 bits per heavy atom. The molecule has 11 heavy (non-hydrogen) atoms. The summed E-state index contributed by atoms with van der Waals surface area (Å²) in [5, 5.41) is 3.03. The summed E-state index contributed by atoms with van der Waals surface area (Å²) >= 11 is 1.79. The highest BCUT2D eigenvalue weighted by Gasteiger charge is 2.41. The minimum absolute atomic E-state index is 0.134. The Hall–Kier alpha value is -0.220. The molecule has 1 saturated heterocycles. The van der Waals surface area contributed by atoms with E-state index in [1.807, 2.05) is 7.05 Å². The molecule has 1 unspecified atom stereocenters. The van der Waals surface area contributed by atoms with E-state index in [4.69, 9.17) is 4.74 Å². The van der Waals surface area contributed by atoms with Crippen molar-refractivity contribution in [1.82, 2.24) is 5.32 Å². The molecule has 0 aromatic rings. The number of esters is 1. The third-order valence-electron chi connectivity index (χ3n) is 2.08. The molecule has 0 aliphatic carbocycles. The van der Waals surface area contributed by atoms with Crippen LogP contribution in [0.15, 0.2) is 0 Å². The summed E-state index contributed by atoms with van der Waals surface area (Å²) in [6.07, 6.45) is 0.876. The lowest BCUT2D eigenvalue weighted by Crippen LogP contribution is -2.51. The molecule has 0 spiro atoms. The van der Waals surface area contributed by atoms with E-state index in [0.29, 0.717) is 0 Å². The molecule has 1 N–H and O–H groups in total. The van der Waals surface area contributed by atoms with E-state index in [1.165, 1.54) is 7.11 Å².